The molecule has 130 valence electrons. The Bertz CT molecular complexity index is 1100. The molecule has 0 saturated heterocycles. The maximum Gasteiger partial charge on any atom is 0.186 e. The minimum atomic E-state index is 0.694. The van der Waals surface area contributed by atoms with Crippen molar-refractivity contribution in [1.29, 1.82) is 0 Å². The zero-order chi connectivity index (χ0) is 17.7. The van der Waals surface area contributed by atoms with Crippen LogP contribution in [0.25, 0.3) is 21.5 Å². The van der Waals surface area contributed by atoms with Crippen LogP contribution in [0.2, 0.25) is 10.0 Å². The number of fused-ring (bicyclic) bond motifs is 2. The van der Waals surface area contributed by atoms with E-state index in [2.05, 4.69) is 10.1 Å². The highest BCUT2D eigenvalue weighted by Crippen LogP contribution is 2.36. The van der Waals surface area contributed by atoms with E-state index in [1.165, 1.54) is 5.56 Å². The first-order chi connectivity index (χ1) is 12.7. The second kappa shape index (κ2) is 6.27. The molecule has 4 nitrogen and oxygen atoms in total. The van der Waals surface area contributed by atoms with E-state index in [1.54, 1.807) is 11.3 Å². The highest BCUT2D eigenvalue weighted by molar-refractivity contribution is 7.22. The first-order valence-electron chi connectivity index (χ1n) is 8.22. The molecule has 4 aromatic rings. The summed E-state index contributed by atoms with van der Waals surface area (Å²) in [5.74, 6) is 0.840. The normalized spacial score (nSPS) is 14.0. The number of thiazole rings is 1. The maximum atomic E-state index is 6.09. The molecule has 0 N–H and O–H groups in total. The third-order valence-electron chi connectivity index (χ3n) is 4.56. The summed E-state index contributed by atoms with van der Waals surface area (Å²) >= 11 is 13.7. The first-order valence-corrected chi connectivity index (χ1v) is 9.79. The van der Waals surface area contributed by atoms with E-state index in [4.69, 9.17) is 32.7 Å². The summed E-state index contributed by atoms with van der Waals surface area (Å²) in [6, 6.07) is 13.5. The van der Waals surface area contributed by atoms with E-state index in [1.807, 2.05) is 42.5 Å². The number of aromatic nitrogens is 2. The molecule has 0 saturated carbocycles. The Morgan fingerprint density at radius 2 is 1.85 bits per heavy atom. The van der Waals surface area contributed by atoms with Crippen LogP contribution in [0.3, 0.4) is 0 Å². The number of nitrogens with zero attached hydrogens (tertiary/aromatic N) is 3. The number of hydrogen-bond acceptors (Lipinski definition) is 5. The summed E-state index contributed by atoms with van der Waals surface area (Å²) in [4.78, 5) is 6.98. The molecule has 0 aliphatic carbocycles. The van der Waals surface area contributed by atoms with Crippen LogP contribution >= 0.6 is 34.5 Å². The number of halogens is 2. The lowest BCUT2D eigenvalue weighted by atomic mass is 10.0. The van der Waals surface area contributed by atoms with Gasteiger partial charge in [0.25, 0.3) is 0 Å². The van der Waals surface area contributed by atoms with E-state index in [-0.39, 0.29) is 0 Å². The molecule has 3 heterocycles. The van der Waals surface area contributed by atoms with Crippen LogP contribution in [0.4, 0.5) is 5.13 Å². The van der Waals surface area contributed by atoms with Gasteiger partial charge in [0.1, 0.15) is 5.69 Å². The molecule has 0 unspecified atom stereocenters. The fourth-order valence-electron chi connectivity index (χ4n) is 3.24. The predicted octanol–water partition coefficient (Wildman–Crippen LogP) is 5.82. The minimum absolute atomic E-state index is 0.694. The van der Waals surface area contributed by atoms with E-state index in [0.717, 1.165) is 50.4 Å². The average molecular weight is 402 g/mol. The molecule has 0 atom stereocenters. The summed E-state index contributed by atoms with van der Waals surface area (Å²) < 4.78 is 6.75. The van der Waals surface area contributed by atoms with Gasteiger partial charge in [-0.1, -0.05) is 39.7 Å². The van der Waals surface area contributed by atoms with Gasteiger partial charge in [-0.2, -0.15) is 0 Å². The molecule has 0 fully saturated rings. The minimum Gasteiger partial charge on any atom is -0.356 e. The fraction of sp³-hybridized carbons (Fsp3) is 0.158. The van der Waals surface area contributed by atoms with Gasteiger partial charge in [-0.25, -0.2) is 4.98 Å². The quantitative estimate of drug-likeness (QED) is 0.424. The lowest BCUT2D eigenvalue weighted by molar-refractivity contribution is 0.423. The van der Waals surface area contributed by atoms with Crippen LogP contribution in [0, 0.1) is 0 Å². The van der Waals surface area contributed by atoms with Crippen LogP contribution in [0.15, 0.2) is 47.0 Å². The van der Waals surface area contributed by atoms with E-state index < -0.39 is 0 Å². The van der Waals surface area contributed by atoms with Crippen molar-refractivity contribution in [2.75, 3.05) is 11.4 Å². The van der Waals surface area contributed by atoms with Gasteiger partial charge in [0.2, 0.25) is 0 Å². The molecule has 2 aromatic heterocycles. The Kier molecular flexibility index (Phi) is 3.89. The Labute approximate surface area is 164 Å². The van der Waals surface area contributed by atoms with Crippen molar-refractivity contribution in [3.63, 3.8) is 0 Å². The molecule has 1 aliphatic heterocycles. The van der Waals surface area contributed by atoms with Crippen molar-refractivity contribution in [3.8, 4) is 11.3 Å². The topological polar surface area (TPSA) is 42.2 Å². The Morgan fingerprint density at radius 1 is 1.04 bits per heavy atom. The molecule has 1 aliphatic rings. The zero-order valence-electron chi connectivity index (χ0n) is 13.6. The fourth-order valence-corrected chi connectivity index (χ4v) is 4.64. The summed E-state index contributed by atoms with van der Waals surface area (Å²) in [6.45, 7) is 1.57. The summed E-state index contributed by atoms with van der Waals surface area (Å²) in [6.07, 6.45) is 0.869. The van der Waals surface area contributed by atoms with Crippen LogP contribution in [0.1, 0.15) is 11.3 Å². The second-order valence-electron chi connectivity index (χ2n) is 6.22. The van der Waals surface area contributed by atoms with Gasteiger partial charge >= 0.3 is 0 Å². The van der Waals surface area contributed by atoms with E-state index in [9.17, 15) is 0 Å². The molecule has 26 heavy (non-hydrogen) atoms. The monoisotopic (exact) mass is 401 g/mol. The molecular formula is C19H13Cl2N3OS. The third kappa shape index (κ3) is 2.76. The highest BCUT2D eigenvalue weighted by Gasteiger charge is 2.26. The van der Waals surface area contributed by atoms with Crippen LogP contribution in [-0.2, 0) is 13.0 Å². The summed E-state index contributed by atoms with van der Waals surface area (Å²) in [5.41, 5.74) is 4.12. The maximum absolute atomic E-state index is 6.09. The molecule has 0 radical (unpaired) electrons. The lowest BCUT2D eigenvalue weighted by Crippen LogP contribution is -2.30. The Hall–Kier alpha value is -2.08. The van der Waals surface area contributed by atoms with Gasteiger partial charge in [0, 0.05) is 27.7 Å². The number of anilines is 1. The van der Waals surface area contributed by atoms with Gasteiger partial charge < -0.3 is 9.42 Å². The van der Waals surface area contributed by atoms with Crippen molar-refractivity contribution in [3.05, 3.63) is 63.8 Å². The zero-order valence-corrected chi connectivity index (χ0v) is 15.9. The standard InChI is InChI=1S/C19H13Cl2N3OS/c20-12-3-1-11(2-4-12)18-14-7-8-24(10-16(14)23-25-18)19-22-15-6-5-13(21)9-17(15)26-19/h1-6,9H,7-8,10H2. The third-order valence-corrected chi connectivity index (χ3v) is 6.12. The molecule has 0 spiro atoms. The summed E-state index contributed by atoms with van der Waals surface area (Å²) in [5, 5.41) is 6.74. The number of benzene rings is 2. The van der Waals surface area contributed by atoms with Gasteiger partial charge in [-0.3, -0.25) is 0 Å². The highest BCUT2D eigenvalue weighted by atomic mass is 35.5. The molecule has 0 amide bonds. The van der Waals surface area contributed by atoms with Crippen molar-refractivity contribution < 1.29 is 4.52 Å². The van der Waals surface area contributed by atoms with Crippen molar-refractivity contribution in [2.45, 2.75) is 13.0 Å². The SMILES string of the molecule is Clc1ccc(-c2onc3c2CCN(c2nc4ccc(Cl)cc4s2)C3)cc1. The van der Waals surface area contributed by atoms with Crippen LogP contribution in [-0.4, -0.2) is 16.7 Å². The Morgan fingerprint density at radius 3 is 2.69 bits per heavy atom. The van der Waals surface area contributed by atoms with Gasteiger partial charge in [0.05, 0.1) is 16.8 Å². The Balaban J connectivity index is 1.45. The predicted molar refractivity (Wildman–Crippen MR) is 106 cm³/mol. The average Bonchev–Trinajstić information content (AvgIpc) is 3.25. The van der Waals surface area contributed by atoms with E-state index >= 15 is 0 Å². The largest absolute Gasteiger partial charge is 0.356 e. The first kappa shape index (κ1) is 16.1. The number of rotatable bonds is 2. The molecule has 5 rings (SSSR count). The van der Waals surface area contributed by atoms with E-state index in [0.29, 0.717) is 11.6 Å². The smallest absolute Gasteiger partial charge is 0.186 e. The van der Waals surface area contributed by atoms with Gasteiger partial charge in [-0.15, -0.1) is 0 Å². The summed E-state index contributed by atoms with van der Waals surface area (Å²) in [7, 11) is 0. The van der Waals surface area contributed by atoms with Crippen LogP contribution in [0.5, 0.6) is 0 Å². The van der Waals surface area contributed by atoms with Crippen LogP contribution < -0.4 is 4.90 Å². The number of hydrogen-bond donors (Lipinski definition) is 0. The molecule has 2 aromatic carbocycles. The van der Waals surface area contributed by atoms with Crippen molar-refractivity contribution in [2.24, 2.45) is 0 Å². The lowest BCUT2D eigenvalue weighted by Gasteiger charge is -2.25. The van der Waals surface area contributed by atoms with Crippen molar-refractivity contribution >= 4 is 49.9 Å². The van der Waals surface area contributed by atoms with Crippen molar-refractivity contribution in [1.82, 2.24) is 10.1 Å². The van der Waals surface area contributed by atoms with Gasteiger partial charge in [0.15, 0.2) is 10.9 Å². The molecule has 7 heteroatoms. The molecular weight excluding hydrogens is 389 g/mol. The molecule has 0 bridgehead atoms. The second-order valence-corrected chi connectivity index (χ2v) is 8.11. The van der Waals surface area contributed by atoms with Gasteiger partial charge in [-0.05, 0) is 48.9 Å².